The summed E-state index contributed by atoms with van der Waals surface area (Å²) in [4.78, 5) is 0. The Morgan fingerprint density at radius 1 is 0.920 bits per heavy atom. The molecule has 0 fully saturated rings. The van der Waals surface area contributed by atoms with Crippen LogP contribution in [0.5, 0.6) is 5.75 Å². The molecular formula is C20H16ClF2NO. The first-order chi connectivity index (χ1) is 12.1. The van der Waals surface area contributed by atoms with Crippen LogP contribution < -0.4 is 10.1 Å². The van der Waals surface area contributed by atoms with E-state index in [9.17, 15) is 8.78 Å². The van der Waals surface area contributed by atoms with Crippen molar-refractivity contribution in [1.82, 2.24) is 0 Å². The minimum atomic E-state index is -0.387. The van der Waals surface area contributed by atoms with E-state index in [1.807, 2.05) is 18.2 Å². The molecule has 0 aromatic heterocycles. The van der Waals surface area contributed by atoms with Crippen molar-refractivity contribution in [3.05, 3.63) is 94.5 Å². The fourth-order valence-electron chi connectivity index (χ4n) is 2.34. The zero-order valence-corrected chi connectivity index (χ0v) is 14.1. The SMILES string of the molecule is Fc1ccc(NCc2cccc(OCc3c(F)cccc3Cl)c2)cc1. The first kappa shape index (κ1) is 17.2. The molecule has 25 heavy (non-hydrogen) atoms. The Hall–Kier alpha value is -2.59. The summed E-state index contributed by atoms with van der Waals surface area (Å²) in [5.74, 6) is -0.0351. The molecule has 0 aliphatic carbocycles. The van der Waals surface area contributed by atoms with Crippen molar-refractivity contribution in [2.75, 3.05) is 5.32 Å². The second-order valence-electron chi connectivity index (χ2n) is 5.50. The molecule has 0 saturated carbocycles. The Morgan fingerprint density at radius 2 is 1.68 bits per heavy atom. The highest BCUT2D eigenvalue weighted by molar-refractivity contribution is 6.31. The van der Waals surface area contributed by atoms with Gasteiger partial charge in [-0.15, -0.1) is 0 Å². The summed E-state index contributed by atoms with van der Waals surface area (Å²) < 4.78 is 32.3. The lowest BCUT2D eigenvalue weighted by Crippen LogP contribution is -2.02. The Morgan fingerprint density at radius 3 is 2.44 bits per heavy atom. The number of ether oxygens (including phenoxy) is 1. The van der Waals surface area contributed by atoms with Gasteiger partial charge < -0.3 is 10.1 Å². The molecule has 0 unspecified atom stereocenters. The van der Waals surface area contributed by atoms with E-state index < -0.39 is 0 Å². The van der Waals surface area contributed by atoms with Crippen molar-refractivity contribution < 1.29 is 13.5 Å². The average Bonchev–Trinajstić information content (AvgIpc) is 2.61. The van der Waals surface area contributed by atoms with Gasteiger partial charge in [0.25, 0.3) is 0 Å². The molecule has 0 bridgehead atoms. The zero-order chi connectivity index (χ0) is 17.6. The fourth-order valence-corrected chi connectivity index (χ4v) is 2.56. The van der Waals surface area contributed by atoms with Crippen molar-refractivity contribution >= 4 is 17.3 Å². The Bertz CT molecular complexity index is 832. The maximum absolute atomic E-state index is 13.8. The molecule has 5 heteroatoms. The molecule has 3 aromatic carbocycles. The van der Waals surface area contributed by atoms with Crippen LogP contribution >= 0.6 is 11.6 Å². The predicted molar refractivity (Wildman–Crippen MR) is 95.9 cm³/mol. The lowest BCUT2D eigenvalue weighted by Gasteiger charge is -2.11. The maximum Gasteiger partial charge on any atom is 0.131 e. The molecule has 3 rings (SSSR count). The second kappa shape index (κ2) is 7.99. The molecule has 0 spiro atoms. The first-order valence-electron chi connectivity index (χ1n) is 7.76. The van der Waals surface area contributed by atoms with Gasteiger partial charge in [0.1, 0.15) is 24.0 Å². The summed E-state index contributed by atoms with van der Waals surface area (Å²) in [5, 5.41) is 3.55. The molecule has 128 valence electrons. The van der Waals surface area contributed by atoms with Crippen molar-refractivity contribution in [1.29, 1.82) is 0 Å². The molecule has 0 amide bonds. The molecule has 0 heterocycles. The van der Waals surface area contributed by atoms with Crippen LogP contribution in [0.4, 0.5) is 14.5 Å². The van der Waals surface area contributed by atoms with E-state index in [0.717, 1.165) is 11.3 Å². The van der Waals surface area contributed by atoms with Crippen molar-refractivity contribution in [2.24, 2.45) is 0 Å². The van der Waals surface area contributed by atoms with Crippen LogP contribution in [0.1, 0.15) is 11.1 Å². The smallest absolute Gasteiger partial charge is 0.131 e. The van der Waals surface area contributed by atoms with E-state index in [4.69, 9.17) is 16.3 Å². The third-order valence-corrected chi connectivity index (χ3v) is 4.04. The fraction of sp³-hybridized carbons (Fsp3) is 0.100. The summed E-state index contributed by atoms with van der Waals surface area (Å²) in [7, 11) is 0. The number of hydrogen-bond donors (Lipinski definition) is 1. The number of halogens is 3. The minimum Gasteiger partial charge on any atom is -0.489 e. The summed E-state index contributed by atoms with van der Waals surface area (Å²) in [5.41, 5.74) is 2.14. The topological polar surface area (TPSA) is 21.3 Å². The normalized spacial score (nSPS) is 10.5. The summed E-state index contributed by atoms with van der Waals surface area (Å²) in [6.45, 7) is 0.615. The average molecular weight is 360 g/mol. The van der Waals surface area contributed by atoms with Crippen LogP contribution in [-0.2, 0) is 13.2 Å². The third kappa shape index (κ3) is 4.70. The molecule has 0 radical (unpaired) electrons. The van der Waals surface area contributed by atoms with Crippen LogP contribution in [0.3, 0.4) is 0 Å². The molecule has 0 aliphatic heterocycles. The molecule has 2 nitrogen and oxygen atoms in total. The molecule has 0 aliphatic rings. The number of benzene rings is 3. The largest absolute Gasteiger partial charge is 0.489 e. The summed E-state index contributed by atoms with van der Waals surface area (Å²) in [6, 6.07) is 18.2. The lowest BCUT2D eigenvalue weighted by molar-refractivity contribution is 0.299. The maximum atomic E-state index is 13.8. The van der Waals surface area contributed by atoms with Crippen LogP contribution in [0.15, 0.2) is 66.7 Å². The molecule has 1 N–H and O–H groups in total. The lowest BCUT2D eigenvalue weighted by atomic mass is 10.2. The van der Waals surface area contributed by atoms with E-state index in [0.29, 0.717) is 22.9 Å². The highest BCUT2D eigenvalue weighted by atomic mass is 35.5. The van der Waals surface area contributed by atoms with Crippen LogP contribution in [-0.4, -0.2) is 0 Å². The Kier molecular flexibility index (Phi) is 5.51. The van der Waals surface area contributed by atoms with Gasteiger partial charge in [-0.25, -0.2) is 8.78 Å². The number of anilines is 1. The van der Waals surface area contributed by atoms with Crippen LogP contribution in [0, 0.1) is 11.6 Å². The molecular weight excluding hydrogens is 344 g/mol. The Labute approximate surface area is 150 Å². The van der Waals surface area contributed by atoms with Gasteiger partial charge in [0.15, 0.2) is 0 Å². The molecule has 0 saturated heterocycles. The van der Waals surface area contributed by atoms with Gasteiger partial charge >= 0.3 is 0 Å². The predicted octanol–water partition coefficient (Wildman–Crippen LogP) is 5.81. The highest BCUT2D eigenvalue weighted by Crippen LogP contribution is 2.22. The summed E-state index contributed by atoms with van der Waals surface area (Å²) >= 11 is 6.00. The van der Waals surface area contributed by atoms with Gasteiger partial charge in [0.2, 0.25) is 0 Å². The van der Waals surface area contributed by atoms with E-state index >= 15 is 0 Å². The first-order valence-corrected chi connectivity index (χ1v) is 8.14. The van der Waals surface area contributed by atoms with E-state index in [1.54, 1.807) is 30.3 Å². The minimum absolute atomic E-state index is 0.0559. The molecule has 3 aromatic rings. The van der Waals surface area contributed by atoms with Crippen molar-refractivity contribution in [2.45, 2.75) is 13.2 Å². The Balaban J connectivity index is 1.62. The number of rotatable bonds is 6. The van der Waals surface area contributed by atoms with Crippen molar-refractivity contribution in [3.8, 4) is 5.75 Å². The van der Waals surface area contributed by atoms with Gasteiger partial charge in [-0.2, -0.15) is 0 Å². The summed E-state index contributed by atoms with van der Waals surface area (Å²) in [6.07, 6.45) is 0. The van der Waals surface area contributed by atoms with Gasteiger partial charge in [-0.05, 0) is 54.1 Å². The standard InChI is InChI=1S/C20H16ClF2NO/c21-19-5-2-6-20(23)18(19)13-25-17-4-1-3-14(11-17)12-24-16-9-7-15(22)8-10-16/h1-11,24H,12-13H2. The number of hydrogen-bond acceptors (Lipinski definition) is 2. The van der Waals surface area contributed by atoms with Crippen LogP contribution in [0.2, 0.25) is 5.02 Å². The van der Waals surface area contributed by atoms with Crippen LogP contribution in [0.25, 0.3) is 0 Å². The quantitative estimate of drug-likeness (QED) is 0.599. The highest BCUT2D eigenvalue weighted by Gasteiger charge is 2.08. The monoisotopic (exact) mass is 359 g/mol. The molecule has 0 atom stereocenters. The van der Waals surface area contributed by atoms with Gasteiger partial charge in [-0.3, -0.25) is 0 Å². The zero-order valence-electron chi connectivity index (χ0n) is 13.3. The van der Waals surface area contributed by atoms with Crippen molar-refractivity contribution in [3.63, 3.8) is 0 Å². The third-order valence-electron chi connectivity index (χ3n) is 3.68. The number of nitrogens with one attached hydrogen (secondary N) is 1. The van der Waals surface area contributed by atoms with E-state index in [1.165, 1.54) is 18.2 Å². The van der Waals surface area contributed by atoms with E-state index in [2.05, 4.69) is 5.32 Å². The van der Waals surface area contributed by atoms with Gasteiger partial charge in [0.05, 0.1) is 5.02 Å². The van der Waals surface area contributed by atoms with Gasteiger partial charge in [0, 0.05) is 17.8 Å². The second-order valence-corrected chi connectivity index (χ2v) is 5.90. The van der Waals surface area contributed by atoms with E-state index in [-0.39, 0.29) is 18.2 Å². The van der Waals surface area contributed by atoms with Gasteiger partial charge in [-0.1, -0.05) is 29.8 Å².